The van der Waals surface area contributed by atoms with Gasteiger partial charge in [0.2, 0.25) is 5.91 Å². The van der Waals surface area contributed by atoms with Crippen molar-refractivity contribution in [1.29, 1.82) is 0 Å². The van der Waals surface area contributed by atoms with E-state index in [2.05, 4.69) is 0 Å². The normalized spacial score (nSPS) is 19.0. The van der Waals surface area contributed by atoms with Gasteiger partial charge >= 0.3 is 0 Å². The number of benzene rings is 2. The van der Waals surface area contributed by atoms with Crippen molar-refractivity contribution >= 4 is 11.6 Å². The molecule has 1 atom stereocenters. The maximum atomic E-state index is 12.9. The van der Waals surface area contributed by atoms with Gasteiger partial charge < -0.3 is 20.1 Å². The van der Waals surface area contributed by atoms with Gasteiger partial charge in [-0.25, -0.2) is 0 Å². The Balaban J connectivity index is 1.56. The van der Waals surface area contributed by atoms with Crippen molar-refractivity contribution in [3.8, 4) is 11.5 Å². The Kier molecular flexibility index (Phi) is 4.22. The van der Waals surface area contributed by atoms with E-state index in [1.165, 1.54) is 0 Å². The minimum atomic E-state index is 0.0536. The molecule has 0 aromatic heterocycles. The van der Waals surface area contributed by atoms with Crippen molar-refractivity contribution in [2.24, 2.45) is 0 Å². The van der Waals surface area contributed by atoms with Gasteiger partial charge in [0.15, 0.2) is 11.5 Å². The molecule has 5 nitrogen and oxygen atoms in total. The van der Waals surface area contributed by atoms with Crippen molar-refractivity contribution in [1.82, 2.24) is 4.90 Å². The number of rotatable bonds is 3. The van der Waals surface area contributed by atoms with Crippen LogP contribution < -0.4 is 15.2 Å². The summed E-state index contributed by atoms with van der Waals surface area (Å²) >= 11 is 0. The molecule has 25 heavy (non-hydrogen) atoms. The average molecular weight is 338 g/mol. The summed E-state index contributed by atoms with van der Waals surface area (Å²) in [5.74, 6) is 1.72. The number of hydrogen-bond donors (Lipinski definition) is 1. The molecule has 2 N–H and O–H groups in total. The zero-order valence-corrected chi connectivity index (χ0v) is 14.1. The topological polar surface area (TPSA) is 64.8 Å². The van der Waals surface area contributed by atoms with Gasteiger partial charge in [-0.15, -0.1) is 0 Å². The summed E-state index contributed by atoms with van der Waals surface area (Å²) in [7, 11) is 0. The van der Waals surface area contributed by atoms with E-state index < -0.39 is 0 Å². The third-order valence-corrected chi connectivity index (χ3v) is 4.86. The lowest BCUT2D eigenvalue weighted by molar-refractivity contribution is -0.131. The van der Waals surface area contributed by atoms with Gasteiger partial charge in [-0.05, 0) is 36.6 Å². The number of carbonyl (C=O) groups excluding carboxylic acids is 1. The summed E-state index contributed by atoms with van der Waals surface area (Å²) in [6.07, 6.45) is 2.35. The monoisotopic (exact) mass is 338 g/mol. The number of anilines is 1. The fraction of sp³-hybridized carbons (Fsp3) is 0.350. The Labute approximate surface area is 147 Å². The number of likely N-dealkylation sites (tertiary alicyclic amines) is 1. The Bertz CT molecular complexity index is 773. The molecule has 0 bridgehead atoms. The molecular weight excluding hydrogens is 316 g/mol. The van der Waals surface area contributed by atoms with Gasteiger partial charge in [0.25, 0.3) is 0 Å². The first kappa shape index (κ1) is 15.8. The lowest BCUT2D eigenvalue weighted by Crippen LogP contribution is -2.32. The third-order valence-electron chi connectivity index (χ3n) is 4.86. The van der Waals surface area contributed by atoms with Crippen LogP contribution in [-0.4, -0.2) is 30.6 Å². The van der Waals surface area contributed by atoms with E-state index in [9.17, 15) is 4.79 Å². The predicted octanol–water partition coefficient (Wildman–Crippen LogP) is 2.95. The second kappa shape index (κ2) is 6.67. The summed E-state index contributed by atoms with van der Waals surface area (Å²) in [5, 5.41) is 0. The largest absolute Gasteiger partial charge is 0.486 e. The van der Waals surface area contributed by atoms with Crippen molar-refractivity contribution in [2.75, 3.05) is 25.5 Å². The Morgan fingerprint density at radius 3 is 2.76 bits per heavy atom. The first-order chi connectivity index (χ1) is 12.2. The molecule has 5 heteroatoms. The van der Waals surface area contributed by atoms with Crippen LogP contribution in [0.1, 0.15) is 30.0 Å². The van der Waals surface area contributed by atoms with E-state index in [0.29, 0.717) is 25.3 Å². The van der Waals surface area contributed by atoms with Gasteiger partial charge in [-0.2, -0.15) is 0 Å². The van der Waals surface area contributed by atoms with Crippen LogP contribution in [-0.2, 0) is 11.2 Å². The van der Waals surface area contributed by atoms with Crippen LogP contribution in [0.15, 0.2) is 42.5 Å². The first-order valence-corrected chi connectivity index (χ1v) is 8.75. The Hall–Kier alpha value is -2.69. The molecule has 1 amide bonds. The van der Waals surface area contributed by atoms with Crippen LogP contribution in [0.3, 0.4) is 0 Å². The molecule has 1 saturated heterocycles. The molecule has 2 aromatic carbocycles. The Morgan fingerprint density at radius 1 is 1.12 bits per heavy atom. The highest BCUT2D eigenvalue weighted by molar-refractivity contribution is 5.80. The van der Waals surface area contributed by atoms with E-state index in [1.54, 1.807) is 0 Å². The fourth-order valence-electron chi connectivity index (χ4n) is 3.66. The predicted molar refractivity (Wildman–Crippen MR) is 95.7 cm³/mol. The van der Waals surface area contributed by atoms with Crippen molar-refractivity contribution in [3.05, 3.63) is 53.6 Å². The highest BCUT2D eigenvalue weighted by Gasteiger charge is 2.33. The van der Waals surface area contributed by atoms with Gasteiger partial charge in [0.05, 0.1) is 12.5 Å². The Morgan fingerprint density at radius 2 is 1.92 bits per heavy atom. The summed E-state index contributed by atoms with van der Waals surface area (Å²) in [4.78, 5) is 14.9. The average Bonchev–Trinajstić information content (AvgIpc) is 3.13. The summed E-state index contributed by atoms with van der Waals surface area (Å²) in [5.41, 5.74) is 8.47. The molecule has 2 aliphatic heterocycles. The molecule has 2 heterocycles. The SMILES string of the molecule is Nc1ccc(CC(=O)N2CCCC2c2cccc3c2OCCO3)cc1. The van der Waals surface area contributed by atoms with Crippen molar-refractivity contribution in [2.45, 2.75) is 25.3 Å². The number of hydrogen-bond acceptors (Lipinski definition) is 4. The third kappa shape index (κ3) is 3.14. The number of carbonyl (C=O) groups is 1. The zero-order chi connectivity index (χ0) is 17.2. The minimum Gasteiger partial charge on any atom is -0.486 e. The molecule has 0 spiro atoms. The van der Waals surface area contributed by atoms with E-state index >= 15 is 0 Å². The molecular formula is C20H22N2O3. The lowest BCUT2D eigenvalue weighted by Gasteiger charge is -2.29. The highest BCUT2D eigenvalue weighted by Crippen LogP contribution is 2.42. The molecule has 0 saturated carbocycles. The second-order valence-corrected chi connectivity index (χ2v) is 6.53. The molecule has 2 aliphatic rings. The minimum absolute atomic E-state index is 0.0536. The van der Waals surface area contributed by atoms with Crippen LogP contribution >= 0.6 is 0 Å². The van der Waals surface area contributed by atoms with Gasteiger partial charge in [-0.1, -0.05) is 24.3 Å². The number of nitrogen functional groups attached to an aromatic ring is 1. The van der Waals surface area contributed by atoms with E-state index in [4.69, 9.17) is 15.2 Å². The summed E-state index contributed by atoms with van der Waals surface area (Å²) in [6, 6.07) is 13.5. The molecule has 2 aromatic rings. The molecule has 1 unspecified atom stereocenters. The molecule has 0 aliphatic carbocycles. The van der Waals surface area contributed by atoms with Gasteiger partial charge in [0, 0.05) is 17.8 Å². The maximum Gasteiger partial charge on any atom is 0.227 e. The van der Waals surface area contributed by atoms with Crippen molar-refractivity contribution < 1.29 is 14.3 Å². The van der Waals surface area contributed by atoms with Crippen LogP contribution in [0.5, 0.6) is 11.5 Å². The highest BCUT2D eigenvalue weighted by atomic mass is 16.6. The van der Waals surface area contributed by atoms with Gasteiger partial charge in [0.1, 0.15) is 13.2 Å². The van der Waals surface area contributed by atoms with Crippen LogP contribution in [0.25, 0.3) is 0 Å². The van der Waals surface area contributed by atoms with Gasteiger partial charge in [-0.3, -0.25) is 4.79 Å². The molecule has 130 valence electrons. The quantitative estimate of drug-likeness (QED) is 0.874. The lowest BCUT2D eigenvalue weighted by atomic mass is 10.0. The smallest absolute Gasteiger partial charge is 0.227 e. The number of para-hydroxylation sites is 1. The van der Waals surface area contributed by atoms with Crippen molar-refractivity contribution in [3.63, 3.8) is 0 Å². The zero-order valence-electron chi connectivity index (χ0n) is 14.1. The number of ether oxygens (including phenoxy) is 2. The number of nitrogens with two attached hydrogens (primary N) is 1. The molecule has 1 fully saturated rings. The summed E-state index contributed by atoms with van der Waals surface area (Å²) < 4.78 is 11.5. The number of nitrogens with zero attached hydrogens (tertiary/aromatic N) is 1. The summed E-state index contributed by atoms with van der Waals surface area (Å²) in [6.45, 7) is 1.90. The number of fused-ring (bicyclic) bond motifs is 1. The second-order valence-electron chi connectivity index (χ2n) is 6.53. The van der Waals surface area contributed by atoms with Crippen LogP contribution in [0.4, 0.5) is 5.69 Å². The molecule has 4 rings (SSSR count). The molecule has 0 radical (unpaired) electrons. The van der Waals surface area contributed by atoms with E-state index in [0.717, 1.165) is 42.0 Å². The standard InChI is InChI=1S/C20H22N2O3/c21-15-8-6-14(7-9-15)13-19(23)22-10-2-4-17(22)16-3-1-5-18-20(16)25-12-11-24-18/h1,3,5-9,17H,2,4,10-13,21H2. The van der Waals surface area contributed by atoms with E-state index in [1.807, 2.05) is 47.4 Å². The maximum absolute atomic E-state index is 12.9. The first-order valence-electron chi connectivity index (χ1n) is 8.75. The van der Waals surface area contributed by atoms with Crippen LogP contribution in [0, 0.1) is 0 Å². The van der Waals surface area contributed by atoms with E-state index in [-0.39, 0.29) is 11.9 Å². The fourth-order valence-corrected chi connectivity index (χ4v) is 3.66. The number of amides is 1. The van der Waals surface area contributed by atoms with Crippen LogP contribution in [0.2, 0.25) is 0 Å².